The minimum Gasteiger partial charge on any atom is -0.457 e. The molecular formula is C19H18F3N3O4S. The van der Waals surface area contributed by atoms with Gasteiger partial charge in [-0.05, 0) is 66.7 Å². The van der Waals surface area contributed by atoms with Crippen molar-refractivity contribution < 1.29 is 32.3 Å². The fourth-order valence-corrected chi connectivity index (χ4v) is 2.89. The van der Waals surface area contributed by atoms with Gasteiger partial charge in [0.15, 0.2) is 0 Å². The number of thioether (sulfide) groups is 1. The van der Waals surface area contributed by atoms with Gasteiger partial charge in [0, 0.05) is 19.0 Å². The molecule has 0 fully saturated rings. The zero-order valence-corrected chi connectivity index (χ0v) is 17.0. The zero-order valence-electron chi connectivity index (χ0n) is 16.2. The maximum Gasteiger partial charge on any atom is 0.446 e. The number of carbonyl (C=O) groups excluding carboxylic acids is 3. The molecule has 0 unspecified atom stereocenters. The van der Waals surface area contributed by atoms with Gasteiger partial charge in [-0.15, -0.1) is 0 Å². The van der Waals surface area contributed by atoms with Gasteiger partial charge in [-0.3, -0.25) is 9.69 Å². The molecule has 0 bridgehead atoms. The van der Waals surface area contributed by atoms with Gasteiger partial charge in [-0.25, -0.2) is 14.5 Å². The van der Waals surface area contributed by atoms with Gasteiger partial charge >= 0.3 is 17.6 Å². The van der Waals surface area contributed by atoms with E-state index < -0.39 is 17.6 Å². The molecule has 1 N–H and O–H groups in total. The SMILES string of the molecule is CNC(=O)N(C(=O)N(C)C=O)c1ccc(Oc2ccc(SC(F)(F)F)cc2)c(C)c1. The fraction of sp³-hybridized carbons (Fsp3) is 0.211. The first-order chi connectivity index (χ1) is 14.1. The highest BCUT2D eigenvalue weighted by Crippen LogP contribution is 2.38. The molecule has 0 saturated heterocycles. The number of hydrogen-bond acceptors (Lipinski definition) is 5. The molecule has 0 heterocycles. The van der Waals surface area contributed by atoms with E-state index in [0.717, 1.165) is 9.80 Å². The summed E-state index contributed by atoms with van der Waals surface area (Å²) in [5, 5.41) is 2.33. The second-order valence-corrected chi connectivity index (χ2v) is 7.10. The van der Waals surface area contributed by atoms with E-state index in [1.807, 2.05) is 0 Å². The Morgan fingerprint density at radius 2 is 1.77 bits per heavy atom. The lowest BCUT2D eigenvalue weighted by molar-refractivity contribution is -0.114. The first-order valence-corrected chi connectivity index (χ1v) is 9.25. The van der Waals surface area contributed by atoms with Crippen molar-refractivity contribution in [3.63, 3.8) is 0 Å². The molecule has 11 heteroatoms. The Labute approximate surface area is 174 Å². The van der Waals surface area contributed by atoms with Crippen LogP contribution in [0, 0.1) is 6.92 Å². The van der Waals surface area contributed by atoms with E-state index in [-0.39, 0.29) is 28.8 Å². The van der Waals surface area contributed by atoms with Crippen LogP contribution in [0.15, 0.2) is 47.4 Å². The van der Waals surface area contributed by atoms with Crippen LogP contribution in [0.3, 0.4) is 0 Å². The Balaban J connectivity index is 2.24. The number of aryl methyl sites for hydroxylation is 1. The standard InChI is InChI=1S/C19H18F3N3O4S/c1-12-10-13(25(17(27)23-2)18(28)24(3)11-26)4-9-16(12)29-14-5-7-15(8-6-14)30-19(20,21)22/h4-11H,1-3H3,(H,23,27). The van der Waals surface area contributed by atoms with E-state index in [4.69, 9.17) is 4.74 Å². The van der Waals surface area contributed by atoms with E-state index in [1.165, 1.54) is 56.6 Å². The summed E-state index contributed by atoms with van der Waals surface area (Å²) >= 11 is -0.224. The van der Waals surface area contributed by atoms with Crippen molar-refractivity contribution in [3.8, 4) is 11.5 Å². The number of nitrogens with zero attached hydrogens (tertiary/aromatic N) is 2. The number of rotatable bonds is 5. The quantitative estimate of drug-likeness (QED) is 0.535. The summed E-state index contributed by atoms with van der Waals surface area (Å²) in [6.45, 7) is 1.67. The van der Waals surface area contributed by atoms with Crippen molar-refractivity contribution in [2.75, 3.05) is 19.0 Å². The van der Waals surface area contributed by atoms with E-state index in [1.54, 1.807) is 6.92 Å². The van der Waals surface area contributed by atoms with E-state index >= 15 is 0 Å². The van der Waals surface area contributed by atoms with Crippen LogP contribution in [0.1, 0.15) is 5.56 Å². The van der Waals surface area contributed by atoms with Gasteiger partial charge in [0.1, 0.15) is 11.5 Å². The Morgan fingerprint density at radius 1 is 1.13 bits per heavy atom. The van der Waals surface area contributed by atoms with Gasteiger partial charge in [0.25, 0.3) is 0 Å². The van der Waals surface area contributed by atoms with E-state index in [2.05, 4.69) is 5.32 Å². The summed E-state index contributed by atoms with van der Waals surface area (Å²) < 4.78 is 42.9. The molecule has 0 aliphatic carbocycles. The molecule has 2 aromatic carbocycles. The first-order valence-electron chi connectivity index (χ1n) is 8.44. The topological polar surface area (TPSA) is 79.0 Å². The predicted molar refractivity (Wildman–Crippen MR) is 106 cm³/mol. The van der Waals surface area contributed by atoms with Crippen LogP contribution in [0.4, 0.5) is 28.4 Å². The Bertz CT molecular complexity index is 936. The fourth-order valence-electron chi connectivity index (χ4n) is 2.35. The molecule has 30 heavy (non-hydrogen) atoms. The number of imide groups is 2. The van der Waals surface area contributed by atoms with Crippen LogP contribution >= 0.6 is 11.8 Å². The normalized spacial score (nSPS) is 10.9. The van der Waals surface area contributed by atoms with Crippen molar-refractivity contribution >= 4 is 35.9 Å². The third-order valence-corrected chi connectivity index (χ3v) is 4.51. The molecule has 0 aliphatic rings. The smallest absolute Gasteiger partial charge is 0.446 e. The maximum absolute atomic E-state index is 12.4. The van der Waals surface area contributed by atoms with Crippen LogP contribution in [-0.4, -0.2) is 43.0 Å². The highest BCUT2D eigenvalue weighted by molar-refractivity contribution is 8.00. The van der Waals surface area contributed by atoms with Gasteiger partial charge < -0.3 is 10.1 Å². The third kappa shape index (κ3) is 5.89. The third-order valence-electron chi connectivity index (χ3n) is 3.77. The van der Waals surface area contributed by atoms with Gasteiger partial charge in [-0.1, -0.05) is 0 Å². The molecule has 0 radical (unpaired) electrons. The monoisotopic (exact) mass is 441 g/mol. The number of carbonyl (C=O) groups is 3. The highest BCUT2D eigenvalue weighted by Gasteiger charge is 2.29. The van der Waals surface area contributed by atoms with Crippen molar-refractivity contribution in [3.05, 3.63) is 48.0 Å². The van der Waals surface area contributed by atoms with Crippen LogP contribution in [0.25, 0.3) is 0 Å². The summed E-state index contributed by atoms with van der Waals surface area (Å²) in [7, 11) is 2.56. The Hall–Kier alpha value is -3.21. The molecule has 2 aromatic rings. The molecule has 0 aliphatic heterocycles. The second kappa shape index (κ2) is 9.53. The summed E-state index contributed by atoms with van der Waals surface area (Å²) in [4.78, 5) is 36.9. The van der Waals surface area contributed by atoms with E-state index in [0.29, 0.717) is 17.1 Å². The highest BCUT2D eigenvalue weighted by atomic mass is 32.2. The average molecular weight is 441 g/mol. The largest absolute Gasteiger partial charge is 0.457 e. The molecule has 2 rings (SSSR count). The number of anilines is 1. The number of hydrogen-bond donors (Lipinski definition) is 1. The number of amides is 5. The number of urea groups is 2. The number of benzene rings is 2. The van der Waals surface area contributed by atoms with E-state index in [9.17, 15) is 27.6 Å². The molecule has 0 saturated carbocycles. The maximum atomic E-state index is 12.4. The van der Waals surface area contributed by atoms with Crippen LogP contribution in [0.5, 0.6) is 11.5 Å². The van der Waals surface area contributed by atoms with Crippen molar-refractivity contribution in [2.24, 2.45) is 0 Å². The second-order valence-electron chi connectivity index (χ2n) is 5.96. The molecule has 5 amide bonds. The molecule has 0 aromatic heterocycles. The number of ether oxygens (including phenoxy) is 1. The van der Waals surface area contributed by atoms with Gasteiger partial charge in [-0.2, -0.15) is 13.2 Å². The summed E-state index contributed by atoms with van der Waals surface area (Å²) in [6.07, 6.45) is 0.281. The minimum absolute atomic E-state index is 0.0287. The van der Waals surface area contributed by atoms with Gasteiger partial charge in [0.05, 0.1) is 5.69 Å². The average Bonchev–Trinajstić information content (AvgIpc) is 2.69. The Morgan fingerprint density at radius 3 is 2.27 bits per heavy atom. The lowest BCUT2D eigenvalue weighted by Gasteiger charge is -2.24. The molecule has 0 atom stereocenters. The summed E-state index contributed by atoms with van der Waals surface area (Å²) in [5.74, 6) is 0.695. The van der Waals surface area contributed by atoms with Crippen molar-refractivity contribution in [1.29, 1.82) is 0 Å². The molecule has 0 spiro atoms. The number of halogens is 3. The number of nitrogens with one attached hydrogen (secondary N) is 1. The first kappa shape index (κ1) is 23.1. The summed E-state index contributed by atoms with van der Waals surface area (Å²) in [5.41, 5.74) is -3.62. The lowest BCUT2D eigenvalue weighted by Crippen LogP contribution is -2.48. The Kier molecular flexibility index (Phi) is 7.33. The van der Waals surface area contributed by atoms with Crippen LogP contribution in [0.2, 0.25) is 0 Å². The molecular weight excluding hydrogens is 423 g/mol. The van der Waals surface area contributed by atoms with Crippen LogP contribution < -0.4 is 15.0 Å². The summed E-state index contributed by atoms with van der Waals surface area (Å²) in [6, 6.07) is 8.26. The zero-order chi connectivity index (χ0) is 22.5. The van der Waals surface area contributed by atoms with Crippen molar-refractivity contribution in [1.82, 2.24) is 10.2 Å². The minimum atomic E-state index is -4.37. The molecule has 7 nitrogen and oxygen atoms in total. The van der Waals surface area contributed by atoms with Crippen molar-refractivity contribution in [2.45, 2.75) is 17.3 Å². The predicted octanol–water partition coefficient (Wildman–Crippen LogP) is 4.75. The number of alkyl halides is 3. The lowest BCUT2D eigenvalue weighted by atomic mass is 10.2. The van der Waals surface area contributed by atoms with Gasteiger partial charge in [0.2, 0.25) is 6.41 Å². The van der Waals surface area contributed by atoms with Crippen LogP contribution in [-0.2, 0) is 4.79 Å². The molecule has 160 valence electrons.